The van der Waals surface area contributed by atoms with Crippen LogP contribution in [0.25, 0.3) is 0 Å². The van der Waals surface area contributed by atoms with Crippen molar-refractivity contribution in [3.8, 4) is 0 Å². The van der Waals surface area contributed by atoms with E-state index in [0.717, 1.165) is 32.1 Å². The van der Waals surface area contributed by atoms with Gasteiger partial charge < -0.3 is 20.1 Å². The predicted molar refractivity (Wildman–Crippen MR) is 169 cm³/mol. The van der Waals surface area contributed by atoms with Crippen molar-refractivity contribution >= 4 is 13.8 Å². The maximum absolute atomic E-state index is 12.4. The highest BCUT2D eigenvalue weighted by atomic mass is 31.2. The summed E-state index contributed by atoms with van der Waals surface area (Å²) < 4.78 is 33.0. The van der Waals surface area contributed by atoms with Crippen LogP contribution in [-0.4, -0.2) is 49.9 Å². The molecule has 244 valence electrons. The van der Waals surface area contributed by atoms with E-state index in [1.807, 2.05) is 0 Å². The molecule has 0 fully saturated rings. The van der Waals surface area contributed by atoms with E-state index >= 15 is 0 Å². The molecule has 41 heavy (non-hydrogen) atoms. The molecule has 0 rings (SSSR count). The lowest BCUT2D eigenvalue weighted by molar-refractivity contribution is -0.154. The summed E-state index contributed by atoms with van der Waals surface area (Å²) in [5.74, 6) is -0.340. The molecule has 0 saturated heterocycles. The Kier molecular flexibility index (Phi) is 30.1. The molecule has 0 radical (unpaired) electrons. The highest BCUT2D eigenvalue weighted by molar-refractivity contribution is 7.47. The van der Waals surface area contributed by atoms with E-state index < -0.39 is 13.9 Å². The van der Waals surface area contributed by atoms with Gasteiger partial charge in [-0.05, 0) is 38.5 Å². The van der Waals surface area contributed by atoms with Crippen molar-refractivity contribution in [2.24, 2.45) is 5.73 Å². The normalized spacial score (nSPS) is 14.0. The number of esters is 1. The first-order chi connectivity index (χ1) is 19.9. The molecule has 8 nitrogen and oxygen atoms in total. The van der Waals surface area contributed by atoms with Gasteiger partial charge in [-0.15, -0.1) is 0 Å². The van der Waals surface area contributed by atoms with Gasteiger partial charge >= 0.3 is 13.8 Å². The Balaban J connectivity index is 4.07. The van der Waals surface area contributed by atoms with Gasteiger partial charge in [-0.1, -0.05) is 116 Å². The summed E-state index contributed by atoms with van der Waals surface area (Å²) in [6.45, 7) is 4.85. The number of allylic oxidation sites excluding steroid dienone is 2. The molecule has 0 aromatic carbocycles. The van der Waals surface area contributed by atoms with Gasteiger partial charge in [-0.25, -0.2) is 4.57 Å². The third-order valence-corrected chi connectivity index (χ3v) is 7.92. The molecule has 0 spiro atoms. The van der Waals surface area contributed by atoms with E-state index in [-0.39, 0.29) is 32.3 Å². The number of carbonyl (C=O) groups excluding carboxylic acids is 1. The van der Waals surface area contributed by atoms with Crippen LogP contribution < -0.4 is 5.73 Å². The van der Waals surface area contributed by atoms with Gasteiger partial charge in [0.15, 0.2) is 0 Å². The van der Waals surface area contributed by atoms with Crippen molar-refractivity contribution in [3.63, 3.8) is 0 Å². The number of hydrogen-bond acceptors (Lipinski definition) is 7. The smallest absolute Gasteiger partial charge is 0.457 e. The number of rotatable bonds is 32. The molecule has 9 heteroatoms. The topological polar surface area (TPSA) is 117 Å². The summed E-state index contributed by atoms with van der Waals surface area (Å²) in [5, 5.41) is 0. The van der Waals surface area contributed by atoms with Crippen LogP contribution in [0.2, 0.25) is 0 Å². The third kappa shape index (κ3) is 30.5. The van der Waals surface area contributed by atoms with E-state index in [0.29, 0.717) is 13.0 Å². The quantitative estimate of drug-likeness (QED) is 0.0338. The molecule has 0 aromatic rings. The van der Waals surface area contributed by atoms with E-state index in [1.165, 1.54) is 96.3 Å². The molecule has 0 saturated carbocycles. The molecule has 2 unspecified atom stereocenters. The molecule has 0 heterocycles. The first kappa shape index (κ1) is 40.2. The van der Waals surface area contributed by atoms with E-state index in [2.05, 4.69) is 26.0 Å². The van der Waals surface area contributed by atoms with Crippen molar-refractivity contribution in [3.05, 3.63) is 12.2 Å². The van der Waals surface area contributed by atoms with Gasteiger partial charge in [-0.3, -0.25) is 13.8 Å². The lowest BCUT2D eigenvalue weighted by Gasteiger charge is -2.20. The van der Waals surface area contributed by atoms with Crippen LogP contribution in [0.4, 0.5) is 0 Å². The second kappa shape index (κ2) is 30.7. The average Bonchev–Trinajstić information content (AvgIpc) is 2.95. The van der Waals surface area contributed by atoms with Crippen LogP contribution in [0.1, 0.15) is 149 Å². The number of ether oxygens (including phenoxy) is 2. The van der Waals surface area contributed by atoms with Crippen molar-refractivity contribution in [1.29, 1.82) is 0 Å². The second-order valence-corrected chi connectivity index (χ2v) is 12.5. The predicted octanol–water partition coefficient (Wildman–Crippen LogP) is 8.80. The lowest BCUT2D eigenvalue weighted by atomic mass is 10.1. The van der Waals surface area contributed by atoms with Crippen LogP contribution in [0.3, 0.4) is 0 Å². The van der Waals surface area contributed by atoms with E-state index in [9.17, 15) is 14.3 Å². The fraction of sp³-hybridized carbons (Fsp3) is 0.906. The average molecular weight is 606 g/mol. The summed E-state index contributed by atoms with van der Waals surface area (Å²) in [7, 11) is -4.25. The zero-order valence-electron chi connectivity index (χ0n) is 26.5. The lowest BCUT2D eigenvalue weighted by Crippen LogP contribution is -2.28. The van der Waals surface area contributed by atoms with Crippen molar-refractivity contribution in [2.75, 3.05) is 33.0 Å². The zero-order valence-corrected chi connectivity index (χ0v) is 27.4. The maximum atomic E-state index is 12.4. The number of hydrogen-bond donors (Lipinski definition) is 2. The Hall–Kier alpha value is -0.760. The highest BCUT2D eigenvalue weighted by Gasteiger charge is 2.25. The Labute approximate surface area is 252 Å². The van der Waals surface area contributed by atoms with Crippen LogP contribution in [0, 0.1) is 0 Å². The van der Waals surface area contributed by atoms with Crippen molar-refractivity contribution in [1.82, 2.24) is 0 Å². The van der Waals surface area contributed by atoms with E-state index in [1.54, 1.807) is 0 Å². The van der Waals surface area contributed by atoms with Gasteiger partial charge in [0.1, 0.15) is 6.10 Å². The minimum absolute atomic E-state index is 0.0944. The fourth-order valence-corrected chi connectivity index (χ4v) is 5.23. The summed E-state index contributed by atoms with van der Waals surface area (Å²) in [6, 6.07) is 0. The molecule has 0 aliphatic heterocycles. The number of nitrogens with two attached hydrogens (primary N) is 1. The Morgan fingerprint density at radius 3 is 1.78 bits per heavy atom. The van der Waals surface area contributed by atoms with Crippen LogP contribution >= 0.6 is 7.82 Å². The number of phosphoric ester groups is 1. The van der Waals surface area contributed by atoms with Gasteiger partial charge in [-0.2, -0.15) is 0 Å². The fourth-order valence-electron chi connectivity index (χ4n) is 4.46. The monoisotopic (exact) mass is 605 g/mol. The van der Waals surface area contributed by atoms with E-state index in [4.69, 9.17) is 24.3 Å². The third-order valence-electron chi connectivity index (χ3n) is 6.93. The molecule has 2 atom stereocenters. The molecule has 0 aliphatic rings. The van der Waals surface area contributed by atoms with Crippen LogP contribution in [0.5, 0.6) is 0 Å². The first-order valence-corrected chi connectivity index (χ1v) is 18.2. The summed E-state index contributed by atoms with van der Waals surface area (Å²) in [5.41, 5.74) is 5.32. The molecule has 0 aliphatic carbocycles. The molecule has 0 bridgehead atoms. The van der Waals surface area contributed by atoms with Gasteiger partial charge in [0.2, 0.25) is 0 Å². The highest BCUT2D eigenvalue weighted by Crippen LogP contribution is 2.43. The number of carbonyl (C=O) groups is 1. The second-order valence-electron chi connectivity index (χ2n) is 11.0. The van der Waals surface area contributed by atoms with Crippen molar-refractivity contribution in [2.45, 2.75) is 155 Å². The van der Waals surface area contributed by atoms with Gasteiger partial charge in [0, 0.05) is 19.6 Å². The Bertz CT molecular complexity index is 648. The summed E-state index contributed by atoms with van der Waals surface area (Å²) >= 11 is 0. The summed E-state index contributed by atoms with van der Waals surface area (Å²) in [6.07, 6.45) is 28.1. The number of unbranched alkanes of at least 4 members (excludes halogenated alkanes) is 17. The molecule has 0 amide bonds. The van der Waals surface area contributed by atoms with Gasteiger partial charge in [0.05, 0.1) is 19.8 Å². The Morgan fingerprint density at radius 2 is 1.22 bits per heavy atom. The largest absolute Gasteiger partial charge is 0.472 e. The maximum Gasteiger partial charge on any atom is 0.472 e. The standard InChI is InChI=1S/C32H64NO7P/c1-3-5-7-9-11-12-13-14-15-16-17-18-20-22-24-27-37-29-31(30-39-41(35,36)38-28-26-33)40-32(34)25-23-21-19-10-8-6-4-2/h13-14,31H,3-12,15-30,33H2,1-2H3,(H,35,36)/b14-13-. The molecular formula is C32H64NO7P. The van der Waals surface area contributed by atoms with Crippen LogP contribution in [-0.2, 0) is 27.9 Å². The van der Waals surface area contributed by atoms with Gasteiger partial charge in [0.25, 0.3) is 0 Å². The minimum Gasteiger partial charge on any atom is -0.457 e. The molecule has 3 N–H and O–H groups in total. The molecular weight excluding hydrogens is 541 g/mol. The molecule has 0 aromatic heterocycles. The first-order valence-electron chi connectivity index (χ1n) is 16.7. The summed E-state index contributed by atoms with van der Waals surface area (Å²) in [4.78, 5) is 22.1. The number of phosphoric acid groups is 1. The minimum atomic E-state index is -4.25. The van der Waals surface area contributed by atoms with Crippen molar-refractivity contribution < 1.29 is 32.8 Å². The Morgan fingerprint density at radius 1 is 0.707 bits per heavy atom. The SMILES string of the molecule is CCCCCCC/C=C\CCCCCCCCOCC(COP(=O)(O)OCCN)OC(=O)CCCCCCCCC. The zero-order chi connectivity index (χ0) is 30.3. The van der Waals surface area contributed by atoms with Crippen LogP contribution in [0.15, 0.2) is 12.2 Å².